The molecule has 0 radical (unpaired) electrons. The average molecular weight is 411 g/mol. The highest BCUT2D eigenvalue weighted by Gasteiger charge is 2.22. The molecule has 0 N–H and O–H groups in total. The summed E-state index contributed by atoms with van der Waals surface area (Å²) in [5, 5.41) is 18.3. The fourth-order valence-electron chi connectivity index (χ4n) is 4.11. The number of benzene rings is 1. The van der Waals surface area contributed by atoms with Crippen molar-refractivity contribution in [2.75, 3.05) is 0 Å². The van der Waals surface area contributed by atoms with Crippen molar-refractivity contribution < 1.29 is 4.42 Å². The lowest BCUT2D eigenvalue weighted by atomic mass is 9.89. The van der Waals surface area contributed by atoms with Gasteiger partial charge in [0.15, 0.2) is 0 Å². The van der Waals surface area contributed by atoms with Gasteiger partial charge in [0.2, 0.25) is 11.7 Å². The van der Waals surface area contributed by atoms with Crippen molar-refractivity contribution in [3.8, 4) is 0 Å². The number of nitrogens with zero attached hydrogens (tertiary/aromatic N) is 6. The van der Waals surface area contributed by atoms with Crippen LogP contribution in [0.4, 0.5) is 0 Å². The zero-order valence-corrected chi connectivity index (χ0v) is 17.1. The van der Waals surface area contributed by atoms with Crippen molar-refractivity contribution in [2.24, 2.45) is 0 Å². The highest BCUT2D eigenvalue weighted by atomic mass is 32.2. The molecule has 3 aromatic heterocycles. The lowest BCUT2D eigenvalue weighted by molar-refractivity contribution is 0.334. The second kappa shape index (κ2) is 7.62. The Morgan fingerprint density at radius 2 is 1.93 bits per heavy atom. The van der Waals surface area contributed by atoms with Crippen molar-refractivity contribution in [1.29, 1.82) is 0 Å². The SMILES string of the molecule is CCn1c(=O)c2ccccc2n2c(CSc3nnc(C4CCCCC4)o3)nnc12. The highest BCUT2D eigenvalue weighted by molar-refractivity contribution is 7.98. The first-order valence-electron chi connectivity index (χ1n) is 10.1. The third kappa shape index (κ3) is 3.23. The number of aryl methyl sites for hydroxylation is 1. The number of thioether (sulfide) groups is 1. The topological polar surface area (TPSA) is 91.1 Å². The minimum atomic E-state index is -0.0452. The molecule has 9 heteroatoms. The molecule has 5 rings (SSSR count). The predicted molar refractivity (Wildman–Crippen MR) is 110 cm³/mol. The van der Waals surface area contributed by atoms with E-state index in [0.29, 0.717) is 34.6 Å². The summed E-state index contributed by atoms with van der Waals surface area (Å²) in [7, 11) is 0. The summed E-state index contributed by atoms with van der Waals surface area (Å²) < 4.78 is 9.51. The van der Waals surface area contributed by atoms with Gasteiger partial charge < -0.3 is 4.42 Å². The first-order valence-corrected chi connectivity index (χ1v) is 11.1. The van der Waals surface area contributed by atoms with Crippen LogP contribution in [0.5, 0.6) is 0 Å². The molecular weight excluding hydrogens is 388 g/mol. The molecule has 1 aliphatic rings. The van der Waals surface area contributed by atoms with Gasteiger partial charge in [-0.25, -0.2) is 0 Å². The fraction of sp³-hybridized carbons (Fsp3) is 0.450. The molecule has 0 aliphatic heterocycles. The molecule has 1 aromatic carbocycles. The maximum absolute atomic E-state index is 12.8. The smallest absolute Gasteiger partial charge is 0.277 e. The van der Waals surface area contributed by atoms with Crippen molar-refractivity contribution in [2.45, 2.75) is 62.5 Å². The lowest BCUT2D eigenvalue weighted by Crippen LogP contribution is -2.22. The number of aromatic nitrogens is 6. The van der Waals surface area contributed by atoms with Crippen LogP contribution in [0.2, 0.25) is 0 Å². The molecule has 150 valence electrons. The second-order valence-electron chi connectivity index (χ2n) is 7.35. The Morgan fingerprint density at radius 1 is 1.10 bits per heavy atom. The standard InChI is InChI=1S/C20H22N6O2S/c1-2-25-18(27)14-10-6-7-11-15(14)26-16(21-23-19(25)26)12-29-20-24-22-17(28-20)13-8-4-3-5-9-13/h6-7,10-11,13H,2-5,8-9,12H2,1H3. The highest BCUT2D eigenvalue weighted by Crippen LogP contribution is 2.33. The van der Waals surface area contributed by atoms with Crippen molar-refractivity contribution in [1.82, 2.24) is 29.4 Å². The molecule has 1 fully saturated rings. The third-order valence-corrected chi connectivity index (χ3v) is 6.41. The van der Waals surface area contributed by atoms with E-state index in [9.17, 15) is 4.79 Å². The van der Waals surface area contributed by atoms with Gasteiger partial charge in [0.05, 0.1) is 16.7 Å². The minimum absolute atomic E-state index is 0.0452. The average Bonchev–Trinajstić information content (AvgIpc) is 3.41. The molecule has 0 saturated heterocycles. The number of rotatable bonds is 5. The van der Waals surface area contributed by atoms with E-state index in [1.54, 1.807) is 4.57 Å². The van der Waals surface area contributed by atoms with Gasteiger partial charge >= 0.3 is 0 Å². The van der Waals surface area contributed by atoms with Gasteiger partial charge in [-0.05, 0) is 31.9 Å². The Hall–Kier alpha value is -2.68. The van der Waals surface area contributed by atoms with Crippen LogP contribution < -0.4 is 5.56 Å². The molecule has 4 aromatic rings. The van der Waals surface area contributed by atoms with E-state index in [2.05, 4.69) is 20.4 Å². The first kappa shape index (κ1) is 18.4. The first-order chi connectivity index (χ1) is 14.3. The maximum Gasteiger partial charge on any atom is 0.277 e. The molecule has 0 amide bonds. The number of hydrogen-bond acceptors (Lipinski definition) is 7. The van der Waals surface area contributed by atoms with Gasteiger partial charge in [0.25, 0.3) is 10.8 Å². The molecule has 8 nitrogen and oxygen atoms in total. The van der Waals surface area contributed by atoms with Gasteiger partial charge in [-0.15, -0.1) is 20.4 Å². The van der Waals surface area contributed by atoms with Crippen LogP contribution in [0.25, 0.3) is 16.7 Å². The fourth-order valence-corrected chi connectivity index (χ4v) is 4.79. The van der Waals surface area contributed by atoms with Crippen LogP contribution in [-0.2, 0) is 12.3 Å². The van der Waals surface area contributed by atoms with Gasteiger partial charge in [0, 0.05) is 12.5 Å². The van der Waals surface area contributed by atoms with E-state index in [1.165, 1.54) is 31.0 Å². The van der Waals surface area contributed by atoms with Gasteiger partial charge in [-0.2, -0.15) is 0 Å². The quantitative estimate of drug-likeness (QED) is 0.462. The summed E-state index contributed by atoms with van der Waals surface area (Å²) in [6.45, 7) is 2.47. The maximum atomic E-state index is 12.8. The van der Waals surface area contributed by atoms with Gasteiger partial charge in [0.1, 0.15) is 5.82 Å². The summed E-state index contributed by atoms with van der Waals surface area (Å²) in [5.74, 6) is 2.98. The van der Waals surface area contributed by atoms with E-state index in [4.69, 9.17) is 4.42 Å². The molecule has 1 aliphatic carbocycles. The van der Waals surface area contributed by atoms with Crippen LogP contribution in [0.15, 0.2) is 38.7 Å². The Kier molecular flexibility index (Phi) is 4.83. The summed E-state index contributed by atoms with van der Waals surface area (Å²) >= 11 is 1.45. The number of hydrogen-bond donors (Lipinski definition) is 0. The molecule has 3 heterocycles. The van der Waals surface area contributed by atoms with Crippen LogP contribution >= 0.6 is 11.8 Å². The molecule has 0 atom stereocenters. The lowest BCUT2D eigenvalue weighted by Gasteiger charge is -2.17. The zero-order valence-electron chi connectivity index (χ0n) is 16.2. The molecule has 29 heavy (non-hydrogen) atoms. The molecule has 0 spiro atoms. The van der Waals surface area contributed by atoms with E-state index < -0.39 is 0 Å². The second-order valence-corrected chi connectivity index (χ2v) is 8.27. The molecule has 0 unspecified atom stereocenters. The monoisotopic (exact) mass is 410 g/mol. The number of para-hydroxylation sites is 1. The van der Waals surface area contributed by atoms with E-state index in [0.717, 1.165) is 30.1 Å². The molecule has 1 saturated carbocycles. The van der Waals surface area contributed by atoms with E-state index in [1.807, 2.05) is 35.6 Å². The Morgan fingerprint density at radius 3 is 2.76 bits per heavy atom. The normalized spacial score (nSPS) is 15.5. The zero-order chi connectivity index (χ0) is 19.8. The summed E-state index contributed by atoms with van der Waals surface area (Å²) in [6, 6.07) is 7.56. The van der Waals surface area contributed by atoms with Crippen LogP contribution in [-0.4, -0.2) is 29.4 Å². The number of fused-ring (bicyclic) bond motifs is 3. The summed E-state index contributed by atoms with van der Waals surface area (Å²) in [6.07, 6.45) is 6.01. The Labute approximate surface area is 171 Å². The Balaban J connectivity index is 1.46. The van der Waals surface area contributed by atoms with Crippen molar-refractivity contribution >= 4 is 28.4 Å². The van der Waals surface area contributed by atoms with Crippen LogP contribution in [0.3, 0.4) is 0 Å². The molecule has 0 bridgehead atoms. The van der Waals surface area contributed by atoms with Gasteiger partial charge in [-0.1, -0.05) is 43.2 Å². The minimum Gasteiger partial charge on any atom is -0.416 e. The van der Waals surface area contributed by atoms with Crippen molar-refractivity contribution in [3.63, 3.8) is 0 Å². The predicted octanol–water partition coefficient (Wildman–Crippen LogP) is 3.79. The van der Waals surface area contributed by atoms with Crippen LogP contribution in [0, 0.1) is 0 Å². The summed E-state index contributed by atoms with van der Waals surface area (Å²) in [5.41, 5.74) is 0.766. The van der Waals surface area contributed by atoms with Gasteiger partial charge in [-0.3, -0.25) is 13.8 Å². The Bertz CT molecular complexity index is 1220. The molecular formula is C20H22N6O2S. The van der Waals surface area contributed by atoms with E-state index in [-0.39, 0.29) is 5.56 Å². The van der Waals surface area contributed by atoms with Crippen LogP contribution in [0.1, 0.15) is 56.7 Å². The van der Waals surface area contributed by atoms with Crippen molar-refractivity contribution in [3.05, 3.63) is 46.3 Å². The largest absolute Gasteiger partial charge is 0.416 e. The third-order valence-electron chi connectivity index (χ3n) is 5.59. The van der Waals surface area contributed by atoms with E-state index >= 15 is 0 Å². The summed E-state index contributed by atoms with van der Waals surface area (Å²) in [4.78, 5) is 12.8.